The third-order valence-corrected chi connectivity index (χ3v) is 5.29. The standard InChI is InChI=1S/C20H22N4O3S/c1-4-8-24-13(3)17(12(2)23-24)18(25)21-10-14-6-5-7-15(9-14)19-22-16(11-28-19)20(26)27/h5-7,9,11H,4,8,10H2,1-3H3,(H,21,25)(H,26,27). The van der Waals surface area contributed by atoms with E-state index in [4.69, 9.17) is 5.11 Å². The van der Waals surface area contributed by atoms with Gasteiger partial charge in [0.25, 0.3) is 5.91 Å². The van der Waals surface area contributed by atoms with Gasteiger partial charge >= 0.3 is 5.97 Å². The third-order valence-electron chi connectivity index (χ3n) is 4.39. The lowest BCUT2D eigenvalue weighted by atomic mass is 10.1. The molecule has 0 atom stereocenters. The Kier molecular flexibility index (Phi) is 5.89. The van der Waals surface area contributed by atoms with E-state index >= 15 is 0 Å². The number of carbonyl (C=O) groups is 2. The van der Waals surface area contributed by atoms with Crippen LogP contribution in [0.2, 0.25) is 0 Å². The van der Waals surface area contributed by atoms with Crippen molar-refractivity contribution in [1.82, 2.24) is 20.1 Å². The summed E-state index contributed by atoms with van der Waals surface area (Å²) >= 11 is 1.28. The lowest BCUT2D eigenvalue weighted by Gasteiger charge is -2.07. The summed E-state index contributed by atoms with van der Waals surface area (Å²) in [6.07, 6.45) is 0.955. The number of thiazole rings is 1. The van der Waals surface area contributed by atoms with E-state index in [1.165, 1.54) is 16.7 Å². The molecule has 0 aliphatic rings. The Balaban J connectivity index is 1.73. The molecule has 2 aromatic heterocycles. The van der Waals surface area contributed by atoms with Gasteiger partial charge in [-0.3, -0.25) is 9.48 Å². The Morgan fingerprint density at radius 2 is 2.07 bits per heavy atom. The van der Waals surface area contributed by atoms with Crippen molar-refractivity contribution < 1.29 is 14.7 Å². The number of aromatic carboxylic acids is 1. The molecule has 8 heteroatoms. The largest absolute Gasteiger partial charge is 0.476 e. The minimum Gasteiger partial charge on any atom is -0.476 e. The predicted octanol–water partition coefficient (Wildman–Crippen LogP) is 3.66. The van der Waals surface area contributed by atoms with E-state index in [9.17, 15) is 9.59 Å². The minimum atomic E-state index is -1.04. The van der Waals surface area contributed by atoms with E-state index in [0.29, 0.717) is 17.1 Å². The monoisotopic (exact) mass is 398 g/mol. The fourth-order valence-electron chi connectivity index (χ4n) is 3.04. The van der Waals surface area contributed by atoms with Gasteiger partial charge in [0.05, 0.1) is 11.3 Å². The van der Waals surface area contributed by atoms with Crippen LogP contribution in [0.15, 0.2) is 29.6 Å². The second-order valence-corrected chi connectivity index (χ2v) is 7.35. The SMILES string of the molecule is CCCn1nc(C)c(C(=O)NCc2cccc(-c3nc(C(=O)O)cs3)c2)c1C. The fraction of sp³-hybridized carbons (Fsp3) is 0.300. The Labute approximate surface area is 167 Å². The summed E-state index contributed by atoms with van der Waals surface area (Å²) in [7, 11) is 0. The van der Waals surface area contributed by atoms with Crippen molar-refractivity contribution >= 4 is 23.2 Å². The van der Waals surface area contributed by atoms with Gasteiger partial charge in [0.2, 0.25) is 0 Å². The molecular formula is C20H22N4O3S. The van der Waals surface area contributed by atoms with Crippen molar-refractivity contribution in [3.63, 3.8) is 0 Å². The van der Waals surface area contributed by atoms with Crippen LogP contribution < -0.4 is 5.32 Å². The number of carbonyl (C=O) groups excluding carboxylic acids is 1. The normalized spacial score (nSPS) is 10.8. The Bertz CT molecular complexity index is 1020. The quantitative estimate of drug-likeness (QED) is 0.633. The summed E-state index contributed by atoms with van der Waals surface area (Å²) in [6.45, 7) is 6.98. The lowest BCUT2D eigenvalue weighted by molar-refractivity contribution is 0.0691. The maximum absolute atomic E-state index is 12.7. The molecule has 0 aliphatic carbocycles. The summed E-state index contributed by atoms with van der Waals surface area (Å²) in [6, 6.07) is 7.56. The van der Waals surface area contributed by atoms with Gasteiger partial charge in [-0.2, -0.15) is 5.10 Å². The van der Waals surface area contributed by atoms with Crippen LogP contribution in [-0.4, -0.2) is 31.7 Å². The first-order valence-electron chi connectivity index (χ1n) is 9.01. The summed E-state index contributed by atoms with van der Waals surface area (Å²) in [5, 5.41) is 18.6. The van der Waals surface area contributed by atoms with Gasteiger partial charge in [0.1, 0.15) is 5.01 Å². The second-order valence-electron chi connectivity index (χ2n) is 6.50. The lowest BCUT2D eigenvalue weighted by Crippen LogP contribution is -2.24. The van der Waals surface area contributed by atoms with Crippen molar-refractivity contribution in [3.8, 4) is 10.6 Å². The van der Waals surface area contributed by atoms with Gasteiger partial charge in [-0.05, 0) is 31.9 Å². The minimum absolute atomic E-state index is 0.0359. The average Bonchev–Trinajstić information content (AvgIpc) is 3.26. The number of amides is 1. The number of aryl methyl sites for hydroxylation is 2. The van der Waals surface area contributed by atoms with Crippen LogP contribution in [0.4, 0.5) is 0 Å². The molecule has 146 valence electrons. The molecular weight excluding hydrogens is 376 g/mol. The molecule has 0 saturated carbocycles. The number of carboxylic acids is 1. The molecule has 3 aromatic rings. The van der Waals surface area contributed by atoms with E-state index in [-0.39, 0.29) is 11.6 Å². The van der Waals surface area contributed by atoms with Crippen LogP contribution in [0.25, 0.3) is 10.6 Å². The Morgan fingerprint density at radius 1 is 1.29 bits per heavy atom. The van der Waals surface area contributed by atoms with Crippen molar-refractivity contribution in [2.45, 2.75) is 40.3 Å². The van der Waals surface area contributed by atoms with Gasteiger partial charge in [-0.15, -0.1) is 11.3 Å². The number of nitrogens with one attached hydrogen (secondary N) is 1. The van der Waals surface area contributed by atoms with Gasteiger partial charge in [-0.1, -0.05) is 25.1 Å². The Morgan fingerprint density at radius 3 is 2.75 bits per heavy atom. The van der Waals surface area contributed by atoms with E-state index in [1.807, 2.05) is 42.8 Å². The maximum atomic E-state index is 12.7. The molecule has 1 amide bonds. The molecule has 0 fully saturated rings. The highest BCUT2D eigenvalue weighted by Crippen LogP contribution is 2.24. The zero-order valence-corrected chi connectivity index (χ0v) is 16.8. The van der Waals surface area contributed by atoms with Crippen LogP contribution >= 0.6 is 11.3 Å². The number of nitrogens with zero attached hydrogens (tertiary/aromatic N) is 3. The average molecular weight is 398 g/mol. The highest BCUT2D eigenvalue weighted by Gasteiger charge is 2.18. The first-order valence-corrected chi connectivity index (χ1v) is 9.89. The molecule has 2 N–H and O–H groups in total. The fourth-order valence-corrected chi connectivity index (χ4v) is 3.84. The number of hydrogen-bond acceptors (Lipinski definition) is 5. The zero-order valence-electron chi connectivity index (χ0n) is 16.0. The van der Waals surface area contributed by atoms with Gasteiger partial charge in [0.15, 0.2) is 5.69 Å². The van der Waals surface area contributed by atoms with Crippen molar-refractivity contribution in [1.29, 1.82) is 0 Å². The molecule has 7 nitrogen and oxygen atoms in total. The highest BCUT2D eigenvalue weighted by atomic mass is 32.1. The summed E-state index contributed by atoms with van der Waals surface area (Å²) < 4.78 is 1.87. The van der Waals surface area contributed by atoms with Crippen LogP contribution in [0.1, 0.15) is 51.1 Å². The van der Waals surface area contributed by atoms with E-state index in [1.54, 1.807) is 0 Å². The summed E-state index contributed by atoms with van der Waals surface area (Å²) in [4.78, 5) is 27.8. The Hall–Kier alpha value is -3.00. The molecule has 0 radical (unpaired) electrons. The number of carboxylic acid groups (broad SMARTS) is 1. The first-order chi connectivity index (χ1) is 13.4. The molecule has 1 aromatic carbocycles. The van der Waals surface area contributed by atoms with Crippen molar-refractivity contribution in [2.75, 3.05) is 0 Å². The zero-order chi connectivity index (χ0) is 20.3. The van der Waals surface area contributed by atoms with E-state index < -0.39 is 5.97 Å². The van der Waals surface area contributed by atoms with Crippen molar-refractivity contribution in [2.24, 2.45) is 0 Å². The number of rotatable bonds is 7. The molecule has 0 bridgehead atoms. The molecule has 3 rings (SSSR count). The van der Waals surface area contributed by atoms with Crippen LogP contribution in [0.5, 0.6) is 0 Å². The summed E-state index contributed by atoms with van der Waals surface area (Å²) in [5.74, 6) is -1.19. The topological polar surface area (TPSA) is 97.1 Å². The smallest absolute Gasteiger partial charge is 0.355 e. The van der Waals surface area contributed by atoms with Gasteiger partial charge in [0, 0.05) is 29.7 Å². The number of hydrogen-bond donors (Lipinski definition) is 2. The van der Waals surface area contributed by atoms with E-state index in [0.717, 1.165) is 35.5 Å². The number of benzene rings is 1. The van der Waals surface area contributed by atoms with Crippen molar-refractivity contribution in [3.05, 3.63) is 57.9 Å². The summed E-state index contributed by atoms with van der Waals surface area (Å²) in [5.41, 5.74) is 3.99. The molecule has 0 aliphatic heterocycles. The molecule has 2 heterocycles. The number of aromatic nitrogens is 3. The highest BCUT2D eigenvalue weighted by molar-refractivity contribution is 7.13. The van der Waals surface area contributed by atoms with Gasteiger partial charge in [-0.25, -0.2) is 9.78 Å². The predicted molar refractivity (Wildman–Crippen MR) is 108 cm³/mol. The molecule has 0 unspecified atom stereocenters. The van der Waals surface area contributed by atoms with Crippen LogP contribution in [0, 0.1) is 13.8 Å². The molecule has 28 heavy (non-hydrogen) atoms. The van der Waals surface area contributed by atoms with E-state index in [2.05, 4.69) is 22.3 Å². The molecule has 0 spiro atoms. The third kappa shape index (κ3) is 4.12. The van der Waals surface area contributed by atoms with Gasteiger partial charge < -0.3 is 10.4 Å². The van der Waals surface area contributed by atoms with Crippen LogP contribution in [0.3, 0.4) is 0 Å². The van der Waals surface area contributed by atoms with Crippen LogP contribution in [-0.2, 0) is 13.1 Å². The molecule has 0 saturated heterocycles. The maximum Gasteiger partial charge on any atom is 0.355 e. The second kappa shape index (κ2) is 8.35. The first kappa shape index (κ1) is 19.8.